The maximum Gasteiger partial charge on any atom is 0.0556 e. The number of hydrazine groups is 1. The number of hydrogen-bond donors (Lipinski definition) is 1. The molecule has 0 saturated carbocycles. The normalized spacial score (nSPS) is 24.3. The molecule has 1 aliphatic rings. The summed E-state index contributed by atoms with van der Waals surface area (Å²) in [5.74, 6) is 6.70. The van der Waals surface area contributed by atoms with Gasteiger partial charge >= 0.3 is 0 Å². The monoisotopic (exact) mass is 204 g/mol. The Kier molecular flexibility index (Phi) is 2.96. The van der Waals surface area contributed by atoms with Crippen LogP contribution in [0.3, 0.4) is 0 Å². The van der Waals surface area contributed by atoms with E-state index in [0.717, 1.165) is 0 Å². The molecule has 2 heteroatoms. The van der Waals surface area contributed by atoms with Gasteiger partial charge in [-0.15, -0.1) is 0 Å². The number of unbranched alkanes of at least 4 members (excludes halogenated alkanes) is 1. The first-order chi connectivity index (χ1) is 7.25. The van der Waals surface area contributed by atoms with Gasteiger partial charge in [0.05, 0.1) is 5.69 Å². The van der Waals surface area contributed by atoms with Crippen molar-refractivity contribution >= 4 is 5.69 Å². The van der Waals surface area contributed by atoms with Crippen molar-refractivity contribution in [2.24, 2.45) is 5.84 Å². The quantitative estimate of drug-likeness (QED) is 0.767. The highest BCUT2D eigenvalue weighted by Gasteiger charge is 2.32. The van der Waals surface area contributed by atoms with Crippen molar-refractivity contribution in [3.63, 3.8) is 0 Å². The molecular weight excluding hydrogens is 184 g/mol. The molecule has 0 bridgehead atoms. The van der Waals surface area contributed by atoms with Gasteiger partial charge in [0.2, 0.25) is 0 Å². The van der Waals surface area contributed by atoms with Crippen LogP contribution in [0.25, 0.3) is 0 Å². The molecule has 2 N–H and O–H groups in total. The summed E-state index contributed by atoms with van der Waals surface area (Å²) in [7, 11) is 0. The van der Waals surface area contributed by atoms with E-state index >= 15 is 0 Å². The second-order valence-corrected chi connectivity index (χ2v) is 4.46. The minimum Gasteiger partial charge on any atom is -0.307 e. The van der Waals surface area contributed by atoms with Crippen molar-refractivity contribution in [2.45, 2.75) is 45.1 Å². The second-order valence-electron chi connectivity index (χ2n) is 4.46. The Bertz CT molecular complexity index is 335. The molecule has 1 aromatic carbocycles. The average molecular weight is 204 g/mol. The van der Waals surface area contributed by atoms with E-state index in [0.29, 0.717) is 12.0 Å². The molecule has 0 aromatic heterocycles. The lowest BCUT2D eigenvalue weighted by Gasteiger charge is -2.22. The van der Waals surface area contributed by atoms with Crippen LogP contribution in [0.15, 0.2) is 24.3 Å². The van der Waals surface area contributed by atoms with Crippen molar-refractivity contribution < 1.29 is 0 Å². The minimum atomic E-state index is 0.439. The van der Waals surface area contributed by atoms with Crippen LogP contribution >= 0.6 is 0 Å². The van der Waals surface area contributed by atoms with E-state index in [-0.39, 0.29) is 0 Å². The number of rotatable bonds is 3. The summed E-state index contributed by atoms with van der Waals surface area (Å²) in [6.45, 7) is 4.46. The third-order valence-corrected chi connectivity index (χ3v) is 3.50. The summed E-state index contributed by atoms with van der Waals surface area (Å²) in [6, 6.07) is 8.96. The van der Waals surface area contributed by atoms with Crippen LogP contribution < -0.4 is 10.9 Å². The zero-order valence-corrected chi connectivity index (χ0v) is 9.61. The Morgan fingerprint density at radius 1 is 1.33 bits per heavy atom. The zero-order chi connectivity index (χ0) is 10.8. The highest BCUT2D eigenvalue weighted by molar-refractivity contribution is 5.60. The first-order valence-electron chi connectivity index (χ1n) is 5.88. The summed E-state index contributed by atoms with van der Waals surface area (Å²) in [5.41, 5.74) is 2.65. The minimum absolute atomic E-state index is 0.439. The fourth-order valence-electron chi connectivity index (χ4n) is 2.53. The number of nitrogens with two attached hydrogens (primary N) is 1. The largest absolute Gasteiger partial charge is 0.307 e. The molecule has 1 aromatic rings. The van der Waals surface area contributed by atoms with Gasteiger partial charge in [0.25, 0.3) is 0 Å². The molecule has 2 atom stereocenters. The molecule has 2 unspecified atom stereocenters. The van der Waals surface area contributed by atoms with Gasteiger partial charge in [0.1, 0.15) is 0 Å². The maximum absolute atomic E-state index is 6.09. The predicted molar refractivity (Wildman–Crippen MR) is 64.8 cm³/mol. The maximum atomic E-state index is 6.09. The Balaban J connectivity index is 2.25. The van der Waals surface area contributed by atoms with Crippen LogP contribution in [-0.2, 0) is 0 Å². The molecule has 0 amide bonds. The molecule has 0 radical (unpaired) electrons. The first kappa shape index (κ1) is 10.5. The van der Waals surface area contributed by atoms with Crippen LogP contribution in [0.5, 0.6) is 0 Å². The van der Waals surface area contributed by atoms with Crippen molar-refractivity contribution in [3.8, 4) is 0 Å². The van der Waals surface area contributed by atoms with Gasteiger partial charge in [0.15, 0.2) is 0 Å². The molecule has 0 fully saturated rings. The Labute approximate surface area is 92.1 Å². The van der Waals surface area contributed by atoms with E-state index in [1.165, 1.54) is 30.5 Å². The summed E-state index contributed by atoms with van der Waals surface area (Å²) in [5, 5.41) is 1.93. The number of fused-ring (bicyclic) bond motifs is 1. The SMILES string of the molecule is CCCCC1c2ccccc2N(N)C1C. The van der Waals surface area contributed by atoms with Gasteiger partial charge in [-0.25, -0.2) is 5.84 Å². The van der Waals surface area contributed by atoms with Gasteiger partial charge in [0, 0.05) is 12.0 Å². The van der Waals surface area contributed by atoms with E-state index in [2.05, 4.69) is 38.1 Å². The zero-order valence-electron chi connectivity index (χ0n) is 9.61. The van der Waals surface area contributed by atoms with Crippen molar-refractivity contribution in [1.82, 2.24) is 0 Å². The third kappa shape index (κ3) is 1.74. The number of hydrogen-bond acceptors (Lipinski definition) is 2. The van der Waals surface area contributed by atoms with E-state index in [4.69, 9.17) is 5.84 Å². The number of anilines is 1. The summed E-state index contributed by atoms with van der Waals surface area (Å²) in [6.07, 6.45) is 3.80. The molecule has 2 nitrogen and oxygen atoms in total. The van der Waals surface area contributed by atoms with Gasteiger partial charge < -0.3 is 5.01 Å². The third-order valence-electron chi connectivity index (χ3n) is 3.50. The van der Waals surface area contributed by atoms with Gasteiger partial charge in [-0.1, -0.05) is 38.0 Å². The summed E-state index contributed by atoms with van der Waals surface area (Å²) >= 11 is 0. The standard InChI is InChI=1S/C13H20N2/c1-3-4-7-11-10(2)15(14)13-9-6-5-8-12(11)13/h5-6,8-11H,3-4,7,14H2,1-2H3. The van der Waals surface area contributed by atoms with Crippen molar-refractivity contribution in [3.05, 3.63) is 29.8 Å². The Morgan fingerprint density at radius 2 is 2.07 bits per heavy atom. The van der Waals surface area contributed by atoms with Gasteiger partial charge in [-0.3, -0.25) is 0 Å². The van der Waals surface area contributed by atoms with E-state index < -0.39 is 0 Å². The fourth-order valence-corrected chi connectivity index (χ4v) is 2.53. The van der Waals surface area contributed by atoms with Crippen LogP contribution in [-0.4, -0.2) is 6.04 Å². The molecular formula is C13H20N2. The lowest BCUT2D eigenvalue weighted by Crippen LogP contribution is -2.37. The molecule has 0 saturated heterocycles. The number of benzene rings is 1. The van der Waals surface area contributed by atoms with Crippen LogP contribution in [0.2, 0.25) is 0 Å². The molecule has 0 aliphatic carbocycles. The molecule has 1 heterocycles. The topological polar surface area (TPSA) is 29.3 Å². The highest BCUT2D eigenvalue weighted by atomic mass is 15.4. The second kappa shape index (κ2) is 4.23. The smallest absolute Gasteiger partial charge is 0.0556 e. The molecule has 82 valence electrons. The Morgan fingerprint density at radius 3 is 2.80 bits per heavy atom. The molecule has 2 rings (SSSR count). The molecule has 0 spiro atoms. The molecule has 15 heavy (non-hydrogen) atoms. The van der Waals surface area contributed by atoms with E-state index in [1.54, 1.807) is 0 Å². The number of nitrogens with zero attached hydrogens (tertiary/aromatic N) is 1. The van der Waals surface area contributed by atoms with E-state index in [1.807, 2.05) is 5.01 Å². The van der Waals surface area contributed by atoms with Crippen LogP contribution in [0.1, 0.15) is 44.6 Å². The van der Waals surface area contributed by atoms with Gasteiger partial charge in [-0.2, -0.15) is 0 Å². The lowest BCUT2D eigenvalue weighted by molar-refractivity contribution is 0.513. The first-order valence-corrected chi connectivity index (χ1v) is 5.88. The summed E-state index contributed by atoms with van der Waals surface area (Å²) in [4.78, 5) is 0. The lowest BCUT2D eigenvalue weighted by atomic mass is 9.91. The highest BCUT2D eigenvalue weighted by Crippen LogP contribution is 2.41. The average Bonchev–Trinajstić information content (AvgIpc) is 2.51. The molecule has 1 aliphatic heterocycles. The van der Waals surface area contributed by atoms with Crippen molar-refractivity contribution in [1.29, 1.82) is 0 Å². The number of para-hydroxylation sites is 1. The van der Waals surface area contributed by atoms with E-state index in [9.17, 15) is 0 Å². The van der Waals surface area contributed by atoms with Crippen LogP contribution in [0, 0.1) is 0 Å². The summed E-state index contributed by atoms with van der Waals surface area (Å²) < 4.78 is 0. The Hall–Kier alpha value is -1.02. The van der Waals surface area contributed by atoms with Crippen molar-refractivity contribution in [2.75, 3.05) is 5.01 Å². The fraction of sp³-hybridized carbons (Fsp3) is 0.538. The van der Waals surface area contributed by atoms with Gasteiger partial charge in [-0.05, 0) is 25.0 Å². The van der Waals surface area contributed by atoms with Crippen LogP contribution in [0.4, 0.5) is 5.69 Å². The predicted octanol–water partition coefficient (Wildman–Crippen LogP) is 3.04.